The van der Waals surface area contributed by atoms with E-state index < -0.39 is 0 Å². The van der Waals surface area contributed by atoms with Crippen molar-refractivity contribution in [1.29, 1.82) is 0 Å². The summed E-state index contributed by atoms with van der Waals surface area (Å²) < 4.78 is 0. The third-order valence-electron chi connectivity index (χ3n) is 3.94. The summed E-state index contributed by atoms with van der Waals surface area (Å²) >= 11 is 0. The SMILES string of the molecule is CC(CNc1cc(NN)nc(-c2ccccc2)n1)C1CC1. The number of hydrazine groups is 1. The van der Waals surface area contributed by atoms with Crippen LogP contribution in [0.1, 0.15) is 19.8 Å². The lowest BCUT2D eigenvalue weighted by molar-refractivity contribution is 0.536. The monoisotopic (exact) mass is 283 g/mol. The fourth-order valence-corrected chi connectivity index (χ4v) is 2.43. The van der Waals surface area contributed by atoms with Gasteiger partial charge < -0.3 is 10.7 Å². The van der Waals surface area contributed by atoms with Crippen LogP contribution >= 0.6 is 0 Å². The van der Waals surface area contributed by atoms with Gasteiger partial charge in [-0.15, -0.1) is 0 Å². The van der Waals surface area contributed by atoms with Crippen molar-refractivity contribution in [3.05, 3.63) is 36.4 Å². The Labute approximate surface area is 125 Å². The van der Waals surface area contributed by atoms with Gasteiger partial charge in [-0.3, -0.25) is 0 Å². The number of nitrogens with two attached hydrogens (primary N) is 1. The molecule has 0 amide bonds. The molecule has 3 rings (SSSR count). The molecule has 0 aliphatic heterocycles. The van der Waals surface area contributed by atoms with E-state index in [0.717, 1.165) is 23.8 Å². The molecule has 1 heterocycles. The van der Waals surface area contributed by atoms with Crippen molar-refractivity contribution < 1.29 is 0 Å². The Balaban J connectivity index is 1.79. The molecule has 1 saturated carbocycles. The van der Waals surface area contributed by atoms with E-state index in [4.69, 9.17) is 5.84 Å². The van der Waals surface area contributed by atoms with Gasteiger partial charge in [-0.05, 0) is 24.7 Å². The first kappa shape index (κ1) is 13.8. The fraction of sp³-hybridized carbons (Fsp3) is 0.375. The molecule has 1 unspecified atom stereocenters. The first-order valence-electron chi connectivity index (χ1n) is 7.41. The van der Waals surface area contributed by atoms with Gasteiger partial charge in [0.25, 0.3) is 0 Å². The average molecular weight is 283 g/mol. The molecule has 0 radical (unpaired) electrons. The number of rotatable bonds is 6. The van der Waals surface area contributed by atoms with E-state index in [-0.39, 0.29) is 0 Å². The Kier molecular flexibility index (Phi) is 4.01. The summed E-state index contributed by atoms with van der Waals surface area (Å²) in [6.45, 7) is 3.21. The molecule has 0 bridgehead atoms. The minimum atomic E-state index is 0.616. The summed E-state index contributed by atoms with van der Waals surface area (Å²) in [7, 11) is 0. The van der Waals surface area contributed by atoms with E-state index in [9.17, 15) is 0 Å². The van der Waals surface area contributed by atoms with E-state index in [1.165, 1.54) is 12.8 Å². The lowest BCUT2D eigenvalue weighted by atomic mass is 10.1. The van der Waals surface area contributed by atoms with Crippen molar-refractivity contribution in [2.75, 3.05) is 17.3 Å². The largest absolute Gasteiger partial charge is 0.370 e. The van der Waals surface area contributed by atoms with Crippen molar-refractivity contribution in [1.82, 2.24) is 9.97 Å². The number of benzene rings is 1. The number of anilines is 2. The molecular formula is C16H21N5. The summed E-state index contributed by atoms with van der Waals surface area (Å²) in [4.78, 5) is 9.00. The van der Waals surface area contributed by atoms with Gasteiger partial charge in [0.2, 0.25) is 0 Å². The third-order valence-corrected chi connectivity index (χ3v) is 3.94. The molecule has 21 heavy (non-hydrogen) atoms. The molecule has 1 aromatic carbocycles. The number of hydrogen-bond donors (Lipinski definition) is 3. The van der Waals surface area contributed by atoms with Crippen molar-refractivity contribution in [3.8, 4) is 11.4 Å². The van der Waals surface area contributed by atoms with E-state index >= 15 is 0 Å². The van der Waals surface area contributed by atoms with Gasteiger partial charge in [-0.25, -0.2) is 15.8 Å². The lowest BCUT2D eigenvalue weighted by Gasteiger charge is -2.13. The number of hydrogen-bond acceptors (Lipinski definition) is 5. The highest BCUT2D eigenvalue weighted by Crippen LogP contribution is 2.36. The van der Waals surface area contributed by atoms with Crippen LogP contribution in [-0.4, -0.2) is 16.5 Å². The third kappa shape index (κ3) is 3.49. The Hall–Kier alpha value is -2.14. The highest BCUT2D eigenvalue weighted by Gasteiger charge is 2.27. The Morgan fingerprint density at radius 2 is 1.90 bits per heavy atom. The molecular weight excluding hydrogens is 262 g/mol. The maximum absolute atomic E-state index is 5.51. The predicted molar refractivity (Wildman–Crippen MR) is 85.7 cm³/mol. The summed E-state index contributed by atoms with van der Waals surface area (Å²) in [5.74, 6) is 9.16. The van der Waals surface area contributed by atoms with Gasteiger partial charge in [0.05, 0.1) is 0 Å². The standard InChI is InChI=1S/C16H21N5/c1-11(12-7-8-12)10-18-14-9-15(21-17)20-16(19-14)13-5-3-2-4-6-13/h2-6,9,11-12H,7-8,10,17H2,1H3,(H2,18,19,20,21). The van der Waals surface area contributed by atoms with Crippen molar-refractivity contribution in [3.63, 3.8) is 0 Å². The summed E-state index contributed by atoms with van der Waals surface area (Å²) in [6.07, 6.45) is 2.72. The smallest absolute Gasteiger partial charge is 0.163 e. The van der Waals surface area contributed by atoms with Gasteiger partial charge in [0.15, 0.2) is 5.82 Å². The molecule has 1 aliphatic rings. The summed E-state index contributed by atoms with van der Waals surface area (Å²) in [5, 5.41) is 3.40. The second-order valence-corrected chi connectivity index (χ2v) is 5.67. The highest BCUT2D eigenvalue weighted by atomic mass is 15.3. The zero-order valence-electron chi connectivity index (χ0n) is 12.2. The molecule has 1 atom stereocenters. The predicted octanol–water partition coefficient (Wildman–Crippen LogP) is 2.89. The first-order valence-corrected chi connectivity index (χ1v) is 7.41. The van der Waals surface area contributed by atoms with Crippen LogP contribution in [0.15, 0.2) is 36.4 Å². The van der Waals surface area contributed by atoms with Gasteiger partial charge in [-0.1, -0.05) is 37.3 Å². The van der Waals surface area contributed by atoms with Crippen LogP contribution < -0.4 is 16.6 Å². The topological polar surface area (TPSA) is 75.9 Å². The van der Waals surface area contributed by atoms with Crippen LogP contribution in [0.3, 0.4) is 0 Å². The van der Waals surface area contributed by atoms with Crippen LogP contribution in [0.25, 0.3) is 11.4 Å². The molecule has 5 heteroatoms. The quantitative estimate of drug-likeness (QED) is 0.561. The molecule has 1 fully saturated rings. The van der Waals surface area contributed by atoms with Gasteiger partial charge in [-0.2, -0.15) is 0 Å². The summed E-state index contributed by atoms with van der Waals surface area (Å²) in [5.41, 5.74) is 3.59. The maximum atomic E-state index is 5.51. The Morgan fingerprint density at radius 3 is 2.57 bits per heavy atom. The highest BCUT2D eigenvalue weighted by molar-refractivity contribution is 5.60. The van der Waals surface area contributed by atoms with E-state index in [0.29, 0.717) is 17.6 Å². The van der Waals surface area contributed by atoms with Crippen LogP contribution in [0, 0.1) is 11.8 Å². The average Bonchev–Trinajstić information content (AvgIpc) is 3.38. The molecule has 0 saturated heterocycles. The summed E-state index contributed by atoms with van der Waals surface area (Å²) in [6, 6.07) is 11.8. The number of nitrogen functional groups attached to an aromatic ring is 1. The molecule has 5 nitrogen and oxygen atoms in total. The van der Waals surface area contributed by atoms with E-state index in [1.54, 1.807) is 0 Å². The van der Waals surface area contributed by atoms with Gasteiger partial charge in [0, 0.05) is 18.2 Å². The van der Waals surface area contributed by atoms with Crippen molar-refractivity contribution in [2.24, 2.45) is 17.7 Å². The molecule has 1 aromatic heterocycles. The van der Waals surface area contributed by atoms with Crippen LogP contribution in [0.2, 0.25) is 0 Å². The Bertz CT molecular complexity index is 595. The van der Waals surface area contributed by atoms with E-state index in [1.807, 2.05) is 36.4 Å². The van der Waals surface area contributed by atoms with Crippen LogP contribution in [0.5, 0.6) is 0 Å². The normalized spacial score (nSPS) is 15.5. The zero-order chi connectivity index (χ0) is 14.7. The Morgan fingerprint density at radius 1 is 1.19 bits per heavy atom. The lowest BCUT2D eigenvalue weighted by Crippen LogP contribution is -2.15. The second kappa shape index (κ2) is 6.10. The number of nitrogens with zero attached hydrogens (tertiary/aromatic N) is 2. The minimum Gasteiger partial charge on any atom is -0.370 e. The molecule has 1 aliphatic carbocycles. The molecule has 2 aromatic rings. The van der Waals surface area contributed by atoms with Crippen LogP contribution in [-0.2, 0) is 0 Å². The number of nitrogens with one attached hydrogen (secondary N) is 2. The molecule has 4 N–H and O–H groups in total. The van der Waals surface area contributed by atoms with Gasteiger partial charge >= 0.3 is 0 Å². The van der Waals surface area contributed by atoms with Crippen molar-refractivity contribution in [2.45, 2.75) is 19.8 Å². The zero-order valence-corrected chi connectivity index (χ0v) is 12.2. The maximum Gasteiger partial charge on any atom is 0.163 e. The molecule has 0 spiro atoms. The first-order chi connectivity index (χ1) is 10.3. The fourth-order valence-electron chi connectivity index (χ4n) is 2.43. The second-order valence-electron chi connectivity index (χ2n) is 5.67. The van der Waals surface area contributed by atoms with E-state index in [2.05, 4.69) is 27.6 Å². The number of aromatic nitrogens is 2. The minimum absolute atomic E-state index is 0.616. The molecule has 110 valence electrons. The van der Waals surface area contributed by atoms with Gasteiger partial charge in [0.1, 0.15) is 11.6 Å². The van der Waals surface area contributed by atoms with Crippen LogP contribution in [0.4, 0.5) is 11.6 Å². The van der Waals surface area contributed by atoms with Crippen molar-refractivity contribution >= 4 is 11.6 Å².